The van der Waals surface area contributed by atoms with Crippen molar-refractivity contribution >= 4 is 29.2 Å². The summed E-state index contributed by atoms with van der Waals surface area (Å²) in [4.78, 5) is 29.7. The van der Waals surface area contributed by atoms with Crippen molar-refractivity contribution in [3.8, 4) is 0 Å². The van der Waals surface area contributed by atoms with Gasteiger partial charge in [0.05, 0.1) is 13.7 Å². The normalized spacial score (nSPS) is 10.1. The maximum Gasteiger partial charge on any atom is 0.239 e. The first-order valence-corrected chi connectivity index (χ1v) is 10.7. The summed E-state index contributed by atoms with van der Waals surface area (Å²) in [5.74, 6) is 0.492. The van der Waals surface area contributed by atoms with Gasteiger partial charge in [-0.1, -0.05) is 73.7 Å². The van der Waals surface area contributed by atoms with Crippen molar-refractivity contribution in [3.63, 3.8) is 0 Å². The second-order valence-corrected chi connectivity index (χ2v) is 7.00. The second kappa shape index (κ2) is 17.0. The first kappa shape index (κ1) is 29.3. The third kappa shape index (κ3) is 12.1. The van der Waals surface area contributed by atoms with Gasteiger partial charge in [0.1, 0.15) is 12.0 Å². The van der Waals surface area contributed by atoms with Crippen LogP contribution in [-0.4, -0.2) is 38.8 Å². The zero-order chi connectivity index (χ0) is 25.2. The highest BCUT2D eigenvalue weighted by molar-refractivity contribution is 6.04. The minimum atomic E-state index is -0.196. The highest BCUT2D eigenvalue weighted by atomic mass is 16.5. The SMILES string of the molecule is C=C(/C(=C(/C)OC)c1ccc(C)cc1)c1ccccc1.CCC=O.CNC(=O)CNC(C)=O. The van der Waals surface area contributed by atoms with Gasteiger partial charge in [0.15, 0.2) is 0 Å². The van der Waals surface area contributed by atoms with Gasteiger partial charge in [-0.05, 0) is 30.5 Å². The molecule has 178 valence electrons. The lowest BCUT2D eigenvalue weighted by Gasteiger charge is -2.15. The Bertz CT molecular complexity index is 917. The number of carbonyl (C=O) groups is 3. The van der Waals surface area contributed by atoms with Crippen LogP contribution in [0.5, 0.6) is 0 Å². The molecule has 2 amide bonds. The Kier molecular flexibility index (Phi) is 15.1. The Hall–Kier alpha value is -3.67. The summed E-state index contributed by atoms with van der Waals surface area (Å²) in [6.45, 7) is 11.6. The van der Waals surface area contributed by atoms with E-state index in [-0.39, 0.29) is 18.4 Å². The topological polar surface area (TPSA) is 84.5 Å². The van der Waals surface area contributed by atoms with E-state index < -0.39 is 0 Å². The maximum atomic E-state index is 10.4. The van der Waals surface area contributed by atoms with Crippen molar-refractivity contribution in [1.29, 1.82) is 0 Å². The molecule has 0 atom stereocenters. The monoisotopic (exact) mass is 452 g/mol. The average Bonchev–Trinajstić information content (AvgIpc) is 2.84. The lowest BCUT2D eigenvalue weighted by molar-refractivity contribution is -0.124. The van der Waals surface area contributed by atoms with Crippen molar-refractivity contribution in [3.05, 3.63) is 83.6 Å². The van der Waals surface area contributed by atoms with Crippen LogP contribution in [0.2, 0.25) is 0 Å². The van der Waals surface area contributed by atoms with E-state index in [1.54, 1.807) is 7.11 Å². The molecule has 0 bridgehead atoms. The molecule has 2 N–H and O–H groups in total. The number of benzene rings is 2. The molecule has 2 aromatic carbocycles. The fraction of sp³-hybridized carbons (Fsp3) is 0.296. The predicted octanol–water partition coefficient (Wildman–Crippen LogP) is 4.55. The lowest BCUT2D eigenvalue weighted by atomic mass is 9.92. The molecule has 6 nitrogen and oxygen atoms in total. The predicted molar refractivity (Wildman–Crippen MR) is 135 cm³/mol. The van der Waals surface area contributed by atoms with E-state index in [1.807, 2.05) is 32.0 Å². The van der Waals surface area contributed by atoms with E-state index in [1.165, 1.54) is 19.5 Å². The molecule has 0 heterocycles. The second-order valence-electron chi connectivity index (χ2n) is 7.00. The molecule has 0 aliphatic heterocycles. The van der Waals surface area contributed by atoms with E-state index >= 15 is 0 Å². The smallest absolute Gasteiger partial charge is 0.239 e. The Morgan fingerprint density at radius 3 is 1.97 bits per heavy atom. The van der Waals surface area contributed by atoms with Gasteiger partial charge in [-0.3, -0.25) is 9.59 Å². The van der Waals surface area contributed by atoms with Gasteiger partial charge in [-0.25, -0.2) is 0 Å². The van der Waals surface area contributed by atoms with Crippen molar-refractivity contribution in [2.45, 2.75) is 34.1 Å². The summed E-state index contributed by atoms with van der Waals surface area (Å²) in [6.07, 6.45) is 1.51. The van der Waals surface area contributed by atoms with Crippen LogP contribution < -0.4 is 10.6 Å². The molecule has 6 heteroatoms. The summed E-state index contributed by atoms with van der Waals surface area (Å²) >= 11 is 0. The number of carbonyl (C=O) groups excluding carboxylic acids is 3. The van der Waals surface area contributed by atoms with Gasteiger partial charge in [0.25, 0.3) is 0 Å². The Balaban J connectivity index is 0.000000657. The Labute approximate surface area is 197 Å². The van der Waals surface area contributed by atoms with Crippen molar-refractivity contribution in [2.75, 3.05) is 20.7 Å². The molecule has 0 spiro atoms. The third-order valence-corrected chi connectivity index (χ3v) is 4.37. The minimum Gasteiger partial charge on any atom is -0.501 e. The fourth-order valence-electron chi connectivity index (χ4n) is 2.49. The van der Waals surface area contributed by atoms with Gasteiger partial charge >= 0.3 is 0 Å². The molecule has 0 saturated heterocycles. The molecular formula is C27H36N2O4. The summed E-state index contributed by atoms with van der Waals surface area (Å²) < 4.78 is 5.46. The fourth-order valence-corrected chi connectivity index (χ4v) is 2.49. The van der Waals surface area contributed by atoms with Gasteiger partial charge in [-0.15, -0.1) is 0 Å². The Morgan fingerprint density at radius 2 is 1.55 bits per heavy atom. The number of hydrogen-bond donors (Lipinski definition) is 2. The van der Waals surface area contributed by atoms with Gasteiger partial charge in [0, 0.05) is 26.0 Å². The van der Waals surface area contributed by atoms with Crippen LogP contribution in [0.1, 0.15) is 43.9 Å². The van der Waals surface area contributed by atoms with Crippen molar-refractivity contribution < 1.29 is 19.1 Å². The standard InChI is InChI=1S/C19H20O.C5H10N2O2.C3H6O/c1-14-10-12-18(13-11-14)19(16(3)20-4)15(2)17-8-6-5-7-9-17;1-4(8)7-3-5(9)6-2;1-2-3-4/h5-13H,2H2,1,3-4H3;3H2,1-2H3,(H,6,9)(H,7,8);3H,2H2,1H3/b19-16+;;. The van der Waals surface area contributed by atoms with Gasteiger partial charge in [-0.2, -0.15) is 0 Å². The van der Waals surface area contributed by atoms with Crippen LogP contribution in [-0.2, 0) is 19.1 Å². The quantitative estimate of drug-likeness (QED) is 0.367. The number of hydrogen-bond acceptors (Lipinski definition) is 4. The summed E-state index contributed by atoms with van der Waals surface area (Å²) in [7, 11) is 3.21. The number of aldehydes is 1. The molecule has 0 radical (unpaired) electrons. The zero-order valence-corrected chi connectivity index (χ0v) is 20.5. The molecule has 0 fully saturated rings. The first-order chi connectivity index (χ1) is 15.7. The number of allylic oxidation sites excluding steroid dienone is 3. The summed E-state index contributed by atoms with van der Waals surface area (Å²) in [5, 5.41) is 4.71. The number of likely N-dealkylation sites (N-methyl/N-ethyl adjacent to an activating group) is 1. The summed E-state index contributed by atoms with van der Waals surface area (Å²) in [5.41, 5.74) is 5.52. The van der Waals surface area contributed by atoms with Crippen molar-refractivity contribution in [1.82, 2.24) is 10.6 Å². The highest BCUT2D eigenvalue weighted by Crippen LogP contribution is 2.32. The lowest BCUT2D eigenvalue weighted by Crippen LogP contribution is -2.33. The first-order valence-electron chi connectivity index (χ1n) is 10.7. The third-order valence-electron chi connectivity index (χ3n) is 4.37. The van der Waals surface area contributed by atoms with Crippen molar-refractivity contribution in [2.24, 2.45) is 0 Å². The number of aryl methyl sites for hydroxylation is 1. The molecule has 0 aromatic heterocycles. The largest absolute Gasteiger partial charge is 0.501 e. The molecule has 0 aliphatic rings. The molecule has 2 aromatic rings. The van der Waals surface area contributed by atoms with E-state index in [9.17, 15) is 14.4 Å². The molecule has 0 unspecified atom stereocenters. The molecule has 0 aliphatic carbocycles. The molecule has 2 rings (SSSR count). The van der Waals surface area contributed by atoms with Crippen LogP contribution in [0.15, 0.2) is 66.9 Å². The number of ether oxygens (including phenoxy) is 1. The minimum absolute atomic E-state index is 0.0613. The maximum absolute atomic E-state index is 10.4. The van der Waals surface area contributed by atoms with E-state index in [0.29, 0.717) is 6.42 Å². The molecule has 0 saturated carbocycles. The van der Waals surface area contributed by atoms with Crippen LogP contribution in [0.4, 0.5) is 0 Å². The van der Waals surface area contributed by atoms with E-state index in [2.05, 4.69) is 60.5 Å². The van der Waals surface area contributed by atoms with E-state index in [4.69, 9.17) is 4.74 Å². The number of methoxy groups -OCH3 is 1. The van der Waals surface area contributed by atoms with Gasteiger partial charge in [0.2, 0.25) is 11.8 Å². The zero-order valence-electron chi connectivity index (χ0n) is 20.5. The van der Waals surface area contributed by atoms with Gasteiger partial charge < -0.3 is 20.2 Å². The van der Waals surface area contributed by atoms with Crippen LogP contribution in [0.25, 0.3) is 11.1 Å². The molecule has 33 heavy (non-hydrogen) atoms. The number of rotatable bonds is 7. The van der Waals surface area contributed by atoms with Crippen LogP contribution >= 0.6 is 0 Å². The number of nitrogens with one attached hydrogen (secondary N) is 2. The Morgan fingerprint density at radius 1 is 1.00 bits per heavy atom. The molecular weight excluding hydrogens is 416 g/mol. The average molecular weight is 453 g/mol. The number of amides is 2. The summed E-state index contributed by atoms with van der Waals surface area (Å²) in [6, 6.07) is 18.6. The van der Waals surface area contributed by atoms with E-state index in [0.717, 1.165) is 34.3 Å². The highest BCUT2D eigenvalue weighted by Gasteiger charge is 2.12. The van der Waals surface area contributed by atoms with Crippen LogP contribution in [0, 0.1) is 6.92 Å². The van der Waals surface area contributed by atoms with Crippen LogP contribution in [0.3, 0.4) is 0 Å².